The van der Waals surface area contributed by atoms with Crippen LogP contribution in [0.25, 0.3) is 5.65 Å². The molecule has 140 valence electrons. The van der Waals surface area contributed by atoms with Crippen molar-refractivity contribution in [2.45, 2.75) is 31.7 Å². The van der Waals surface area contributed by atoms with Crippen molar-refractivity contribution in [2.24, 2.45) is 0 Å². The molecule has 1 aliphatic rings. The summed E-state index contributed by atoms with van der Waals surface area (Å²) in [4.78, 5) is 18.8. The summed E-state index contributed by atoms with van der Waals surface area (Å²) in [6.45, 7) is 3.59. The molecule has 3 aromatic heterocycles. The molecule has 1 unspecified atom stereocenters. The Bertz CT molecular complexity index is 950. The number of aromatic nitrogens is 4. The highest BCUT2D eigenvalue weighted by Gasteiger charge is 2.29. The van der Waals surface area contributed by atoms with Crippen molar-refractivity contribution in [3.8, 4) is 0 Å². The third-order valence-electron chi connectivity index (χ3n) is 5.18. The minimum Gasteiger partial charge on any atom is -0.322 e. The lowest BCUT2D eigenvalue weighted by Gasteiger charge is -2.34. The number of hydrogen-bond acceptors (Lipinski definition) is 5. The molecule has 0 bridgehead atoms. The summed E-state index contributed by atoms with van der Waals surface area (Å²) >= 11 is 6.03. The van der Waals surface area contributed by atoms with Gasteiger partial charge in [0, 0.05) is 18.3 Å². The molecule has 0 saturated carbocycles. The number of amides is 1. The molecular formula is C19H21ClN6O. The number of nitrogens with one attached hydrogen (secondary N) is 1. The second-order valence-electron chi connectivity index (χ2n) is 6.80. The fourth-order valence-electron chi connectivity index (χ4n) is 3.57. The highest BCUT2D eigenvalue weighted by molar-refractivity contribution is 6.32. The third kappa shape index (κ3) is 3.65. The van der Waals surface area contributed by atoms with E-state index in [1.807, 2.05) is 31.3 Å². The lowest BCUT2D eigenvalue weighted by molar-refractivity contribution is -0.121. The van der Waals surface area contributed by atoms with Gasteiger partial charge >= 0.3 is 0 Å². The summed E-state index contributed by atoms with van der Waals surface area (Å²) in [5, 5.41) is 11.8. The van der Waals surface area contributed by atoms with E-state index in [4.69, 9.17) is 11.6 Å². The van der Waals surface area contributed by atoms with Crippen LogP contribution in [0.2, 0.25) is 5.15 Å². The van der Waals surface area contributed by atoms with Crippen LogP contribution in [-0.2, 0) is 4.79 Å². The van der Waals surface area contributed by atoms with Gasteiger partial charge in [-0.15, -0.1) is 10.2 Å². The Labute approximate surface area is 162 Å². The highest BCUT2D eigenvalue weighted by Crippen LogP contribution is 2.28. The Morgan fingerprint density at radius 1 is 1.22 bits per heavy atom. The van der Waals surface area contributed by atoms with Crippen LogP contribution < -0.4 is 5.32 Å². The number of halogens is 1. The van der Waals surface area contributed by atoms with E-state index < -0.39 is 0 Å². The van der Waals surface area contributed by atoms with Gasteiger partial charge < -0.3 is 5.32 Å². The molecule has 4 heterocycles. The van der Waals surface area contributed by atoms with Crippen LogP contribution in [0.1, 0.15) is 31.5 Å². The van der Waals surface area contributed by atoms with Crippen LogP contribution in [0.3, 0.4) is 0 Å². The number of carbonyl (C=O) groups excluding carboxylic acids is 1. The smallest absolute Gasteiger partial charge is 0.241 e. The third-order valence-corrected chi connectivity index (χ3v) is 5.48. The van der Waals surface area contributed by atoms with Crippen LogP contribution in [0.4, 0.5) is 5.69 Å². The quantitative estimate of drug-likeness (QED) is 0.700. The normalized spacial score (nSPS) is 17.1. The van der Waals surface area contributed by atoms with E-state index in [1.54, 1.807) is 18.3 Å². The molecule has 0 radical (unpaired) electrons. The van der Waals surface area contributed by atoms with E-state index in [9.17, 15) is 4.79 Å². The number of hydrogen-bond donors (Lipinski definition) is 1. The molecule has 1 amide bonds. The SMILES string of the molecule is CC(C(=O)Nc1cccnc1Cl)N1CCC(c2nnc3ccccn23)CC1. The largest absolute Gasteiger partial charge is 0.322 e. The summed E-state index contributed by atoms with van der Waals surface area (Å²) in [5.74, 6) is 1.28. The van der Waals surface area contributed by atoms with E-state index in [2.05, 4.69) is 29.8 Å². The molecule has 1 N–H and O–H groups in total. The summed E-state index contributed by atoms with van der Waals surface area (Å²) in [5.41, 5.74) is 1.41. The lowest BCUT2D eigenvalue weighted by atomic mass is 9.95. The van der Waals surface area contributed by atoms with Crippen molar-refractivity contribution in [1.82, 2.24) is 24.5 Å². The first-order valence-electron chi connectivity index (χ1n) is 9.08. The van der Waals surface area contributed by atoms with Gasteiger partial charge in [0.15, 0.2) is 10.8 Å². The minimum atomic E-state index is -0.239. The second-order valence-corrected chi connectivity index (χ2v) is 7.16. The topological polar surface area (TPSA) is 75.4 Å². The molecule has 0 spiro atoms. The van der Waals surface area contributed by atoms with Gasteiger partial charge in [0.05, 0.1) is 11.7 Å². The first-order valence-corrected chi connectivity index (χ1v) is 9.46. The zero-order valence-corrected chi connectivity index (χ0v) is 15.8. The summed E-state index contributed by atoms with van der Waals surface area (Å²) in [6.07, 6.45) is 5.49. The Morgan fingerprint density at radius 2 is 2.04 bits per heavy atom. The first-order chi connectivity index (χ1) is 13.1. The molecule has 27 heavy (non-hydrogen) atoms. The average Bonchev–Trinajstić information content (AvgIpc) is 3.13. The Hall–Kier alpha value is -2.51. The molecule has 1 atom stereocenters. The minimum absolute atomic E-state index is 0.0729. The Kier molecular flexibility index (Phi) is 5.05. The maximum atomic E-state index is 12.6. The van der Waals surface area contributed by atoms with Gasteiger partial charge in [0.1, 0.15) is 5.82 Å². The zero-order valence-electron chi connectivity index (χ0n) is 15.0. The lowest BCUT2D eigenvalue weighted by Crippen LogP contribution is -2.46. The molecule has 8 heteroatoms. The van der Waals surface area contributed by atoms with Crippen LogP contribution in [0.5, 0.6) is 0 Å². The summed E-state index contributed by atoms with van der Waals surface area (Å²) < 4.78 is 2.06. The fourth-order valence-corrected chi connectivity index (χ4v) is 3.73. The average molecular weight is 385 g/mol. The molecular weight excluding hydrogens is 364 g/mol. The van der Waals surface area contributed by atoms with Crippen LogP contribution in [0.15, 0.2) is 42.7 Å². The molecule has 3 aromatic rings. The van der Waals surface area contributed by atoms with Gasteiger partial charge in [0.25, 0.3) is 0 Å². The molecule has 1 saturated heterocycles. The number of likely N-dealkylation sites (tertiary alicyclic amines) is 1. The standard InChI is InChI=1S/C19H21ClN6O/c1-13(19(27)22-15-5-4-9-21-17(15)20)25-11-7-14(8-12-25)18-24-23-16-6-2-3-10-26(16)18/h2-6,9-10,13-14H,7-8,11-12H2,1H3,(H,22,27). The maximum absolute atomic E-state index is 12.6. The number of piperidine rings is 1. The van der Waals surface area contributed by atoms with Crippen molar-refractivity contribution in [3.63, 3.8) is 0 Å². The second kappa shape index (κ2) is 7.62. The van der Waals surface area contributed by atoms with E-state index in [0.29, 0.717) is 16.8 Å². The number of fused-ring (bicyclic) bond motifs is 1. The van der Waals surface area contributed by atoms with E-state index in [1.165, 1.54) is 0 Å². The van der Waals surface area contributed by atoms with E-state index >= 15 is 0 Å². The van der Waals surface area contributed by atoms with Crippen molar-refractivity contribution in [1.29, 1.82) is 0 Å². The molecule has 1 aliphatic heterocycles. The molecule has 7 nitrogen and oxygen atoms in total. The van der Waals surface area contributed by atoms with Crippen LogP contribution >= 0.6 is 11.6 Å². The van der Waals surface area contributed by atoms with E-state index in [0.717, 1.165) is 37.4 Å². The summed E-state index contributed by atoms with van der Waals surface area (Å²) in [6, 6.07) is 9.18. The highest BCUT2D eigenvalue weighted by atomic mass is 35.5. The Balaban J connectivity index is 1.38. The monoisotopic (exact) mass is 384 g/mol. The van der Waals surface area contributed by atoms with Gasteiger partial charge in [-0.2, -0.15) is 0 Å². The zero-order chi connectivity index (χ0) is 18.8. The molecule has 0 aliphatic carbocycles. The van der Waals surface area contributed by atoms with Crippen molar-refractivity contribution < 1.29 is 4.79 Å². The van der Waals surface area contributed by atoms with Crippen LogP contribution in [-0.4, -0.2) is 49.5 Å². The predicted octanol–water partition coefficient (Wildman–Crippen LogP) is 2.98. The number of pyridine rings is 2. The first kappa shape index (κ1) is 17.9. The van der Waals surface area contributed by atoms with E-state index in [-0.39, 0.29) is 11.9 Å². The van der Waals surface area contributed by atoms with Crippen LogP contribution in [0, 0.1) is 0 Å². The molecule has 1 fully saturated rings. The maximum Gasteiger partial charge on any atom is 0.241 e. The van der Waals surface area contributed by atoms with Gasteiger partial charge in [0.2, 0.25) is 5.91 Å². The summed E-state index contributed by atoms with van der Waals surface area (Å²) in [7, 11) is 0. The fraction of sp³-hybridized carbons (Fsp3) is 0.368. The van der Waals surface area contributed by atoms with Gasteiger partial charge in [-0.25, -0.2) is 4.98 Å². The van der Waals surface area contributed by atoms with Crippen molar-refractivity contribution in [3.05, 3.63) is 53.7 Å². The molecule has 4 rings (SSSR count). The van der Waals surface area contributed by atoms with Crippen molar-refractivity contribution >= 4 is 28.8 Å². The van der Waals surface area contributed by atoms with Gasteiger partial charge in [-0.1, -0.05) is 17.7 Å². The Morgan fingerprint density at radius 3 is 2.81 bits per heavy atom. The molecule has 0 aromatic carbocycles. The number of rotatable bonds is 4. The van der Waals surface area contributed by atoms with Crippen molar-refractivity contribution in [2.75, 3.05) is 18.4 Å². The number of anilines is 1. The number of nitrogens with zero attached hydrogens (tertiary/aromatic N) is 5. The number of carbonyl (C=O) groups is 1. The van der Waals surface area contributed by atoms with Gasteiger partial charge in [-0.3, -0.25) is 14.1 Å². The van der Waals surface area contributed by atoms with Gasteiger partial charge in [-0.05, 0) is 57.1 Å². The predicted molar refractivity (Wildman–Crippen MR) is 104 cm³/mol.